The molecule has 0 aliphatic heterocycles. The lowest BCUT2D eigenvalue weighted by Gasteiger charge is -2.12. The van der Waals surface area contributed by atoms with Crippen molar-refractivity contribution < 1.29 is 39.5 Å². The summed E-state index contributed by atoms with van der Waals surface area (Å²) >= 11 is 0. The van der Waals surface area contributed by atoms with Gasteiger partial charge in [-0.05, 0) is 111 Å². The van der Waals surface area contributed by atoms with Gasteiger partial charge in [-0.2, -0.15) is 16.8 Å². The summed E-state index contributed by atoms with van der Waals surface area (Å²) in [5, 5.41) is 10.7. The van der Waals surface area contributed by atoms with Crippen molar-refractivity contribution in [2.75, 3.05) is 21.3 Å². The van der Waals surface area contributed by atoms with E-state index in [2.05, 4.69) is 21.3 Å². The van der Waals surface area contributed by atoms with Gasteiger partial charge in [0, 0.05) is 34.9 Å². The third-order valence-electron chi connectivity index (χ3n) is 7.68. The minimum absolute atomic E-state index is 0.0156. The maximum atomic E-state index is 13.0. The molecule has 4 amide bonds. The van der Waals surface area contributed by atoms with Crippen molar-refractivity contribution >= 4 is 55.0 Å². The number of carbonyl (C=O) groups excluding carboxylic acids is 2. The second-order valence-electron chi connectivity index (χ2n) is 12.1. The first kappa shape index (κ1) is 37.9. The van der Waals surface area contributed by atoms with Gasteiger partial charge in [-0.1, -0.05) is 47.5 Å². The maximum Gasteiger partial charge on any atom is 0.339 e. The number of hydrogen-bond acceptors (Lipinski definition) is 9. The topological polar surface area (TPSA) is 178 Å². The maximum absolute atomic E-state index is 13.0. The molecule has 55 heavy (non-hydrogen) atoms. The van der Waals surface area contributed by atoms with Crippen LogP contribution >= 0.6 is 0 Å². The number of anilines is 4. The van der Waals surface area contributed by atoms with Crippen LogP contribution in [0.3, 0.4) is 0 Å². The summed E-state index contributed by atoms with van der Waals surface area (Å²) in [6, 6.07) is 36.2. The Bertz CT molecular complexity index is 2350. The molecule has 0 heterocycles. The highest BCUT2D eigenvalue weighted by molar-refractivity contribution is 7.87. The van der Waals surface area contributed by atoms with Crippen LogP contribution in [0.2, 0.25) is 0 Å². The quantitative estimate of drug-likeness (QED) is 0.0883. The summed E-state index contributed by atoms with van der Waals surface area (Å²) in [4.78, 5) is 24.5. The first-order valence-electron chi connectivity index (χ1n) is 16.6. The number of aryl methyl sites for hydroxylation is 2. The summed E-state index contributed by atoms with van der Waals surface area (Å²) < 4.78 is 68.5. The average Bonchev–Trinajstić information content (AvgIpc) is 3.14. The van der Waals surface area contributed by atoms with Crippen molar-refractivity contribution in [3.8, 4) is 23.0 Å². The van der Waals surface area contributed by atoms with E-state index in [0.717, 1.165) is 11.1 Å². The highest BCUT2D eigenvalue weighted by atomic mass is 32.2. The molecule has 0 radical (unpaired) electrons. The van der Waals surface area contributed by atoms with Gasteiger partial charge in [0.25, 0.3) is 0 Å². The molecule has 4 N–H and O–H groups in total. The molecule has 0 bridgehead atoms. The van der Waals surface area contributed by atoms with Crippen LogP contribution in [0.5, 0.6) is 23.0 Å². The SMILES string of the molecule is Cc1ccc(NC(=O)Nc2cccc(OS(=O)(=O)c3ccc(Oc4ccc(S(=O)(=O)Oc5cccc(NC(=O)Nc6ccc(C)cc6)c5)cc4)cc3)c2)cc1. The van der Waals surface area contributed by atoms with Gasteiger partial charge in [0.2, 0.25) is 0 Å². The first-order valence-corrected chi connectivity index (χ1v) is 19.4. The minimum Gasteiger partial charge on any atom is -0.457 e. The van der Waals surface area contributed by atoms with Crippen molar-refractivity contribution in [1.29, 1.82) is 0 Å². The van der Waals surface area contributed by atoms with E-state index in [0.29, 0.717) is 22.7 Å². The molecule has 6 rings (SSSR count). The molecule has 0 aliphatic carbocycles. The second kappa shape index (κ2) is 16.4. The fourth-order valence-corrected chi connectivity index (χ4v) is 6.79. The van der Waals surface area contributed by atoms with E-state index < -0.39 is 32.3 Å². The Morgan fingerprint density at radius 3 is 1.13 bits per heavy atom. The zero-order valence-corrected chi connectivity index (χ0v) is 31.0. The Labute approximate surface area is 318 Å². The van der Waals surface area contributed by atoms with Crippen LogP contribution in [-0.4, -0.2) is 28.9 Å². The predicted molar refractivity (Wildman–Crippen MR) is 209 cm³/mol. The van der Waals surface area contributed by atoms with Crippen LogP contribution in [-0.2, 0) is 20.2 Å². The lowest BCUT2D eigenvalue weighted by molar-refractivity contribution is 0.261. The smallest absolute Gasteiger partial charge is 0.339 e. The highest BCUT2D eigenvalue weighted by Gasteiger charge is 2.19. The fourth-order valence-electron chi connectivity index (χ4n) is 4.95. The van der Waals surface area contributed by atoms with Crippen molar-refractivity contribution in [3.05, 3.63) is 157 Å². The van der Waals surface area contributed by atoms with Crippen LogP contribution in [0.4, 0.5) is 32.3 Å². The van der Waals surface area contributed by atoms with E-state index in [4.69, 9.17) is 13.1 Å². The van der Waals surface area contributed by atoms with Gasteiger partial charge in [-0.25, -0.2) is 9.59 Å². The molecule has 280 valence electrons. The third kappa shape index (κ3) is 10.6. The molecule has 0 unspecified atom stereocenters. The number of carbonyl (C=O) groups is 2. The molecular formula is C40H34N4O9S2. The van der Waals surface area contributed by atoms with E-state index in [1.807, 2.05) is 38.1 Å². The molecule has 0 atom stereocenters. The minimum atomic E-state index is -4.26. The molecule has 15 heteroatoms. The van der Waals surface area contributed by atoms with Gasteiger partial charge < -0.3 is 34.4 Å². The monoisotopic (exact) mass is 778 g/mol. The Balaban J connectivity index is 1.02. The number of benzene rings is 6. The van der Waals surface area contributed by atoms with Gasteiger partial charge in [-0.15, -0.1) is 0 Å². The van der Waals surface area contributed by atoms with Crippen molar-refractivity contribution in [2.45, 2.75) is 23.6 Å². The van der Waals surface area contributed by atoms with E-state index in [1.165, 1.54) is 84.9 Å². The van der Waals surface area contributed by atoms with E-state index in [1.54, 1.807) is 36.4 Å². The van der Waals surface area contributed by atoms with E-state index >= 15 is 0 Å². The Kier molecular flexibility index (Phi) is 11.3. The number of amides is 4. The van der Waals surface area contributed by atoms with Gasteiger partial charge in [0.1, 0.15) is 32.8 Å². The molecule has 6 aromatic carbocycles. The molecule has 13 nitrogen and oxygen atoms in total. The van der Waals surface area contributed by atoms with Crippen molar-refractivity contribution in [3.63, 3.8) is 0 Å². The first-order chi connectivity index (χ1) is 26.3. The summed E-state index contributed by atoms with van der Waals surface area (Å²) in [6.07, 6.45) is 0. The molecule has 0 saturated carbocycles. The van der Waals surface area contributed by atoms with E-state index in [9.17, 15) is 26.4 Å². The number of ether oxygens (including phenoxy) is 1. The Morgan fingerprint density at radius 2 is 0.764 bits per heavy atom. The zero-order valence-electron chi connectivity index (χ0n) is 29.3. The van der Waals surface area contributed by atoms with Gasteiger partial charge in [0.15, 0.2) is 0 Å². The Morgan fingerprint density at radius 1 is 0.418 bits per heavy atom. The number of rotatable bonds is 12. The number of nitrogens with one attached hydrogen (secondary N) is 4. The summed E-state index contributed by atoms with van der Waals surface area (Å²) in [5.41, 5.74) is 3.91. The van der Waals surface area contributed by atoms with E-state index in [-0.39, 0.29) is 32.8 Å². The molecule has 6 aromatic rings. The molecule has 0 fully saturated rings. The molecular weight excluding hydrogens is 745 g/mol. The largest absolute Gasteiger partial charge is 0.457 e. The third-order valence-corrected chi connectivity index (χ3v) is 10.2. The van der Waals surface area contributed by atoms with Crippen LogP contribution in [0, 0.1) is 13.8 Å². The second-order valence-corrected chi connectivity index (χ2v) is 15.2. The Hall–Kier alpha value is -6.84. The molecule has 0 saturated heterocycles. The summed E-state index contributed by atoms with van der Waals surface area (Å²) in [7, 11) is -8.52. The van der Waals surface area contributed by atoms with Crippen LogP contribution in [0.1, 0.15) is 11.1 Å². The normalized spacial score (nSPS) is 11.2. The summed E-state index contributed by atoms with van der Waals surface area (Å²) in [5.74, 6) is 0.510. The molecule has 0 aromatic heterocycles. The fraction of sp³-hybridized carbons (Fsp3) is 0.0500. The predicted octanol–water partition coefficient (Wildman–Crippen LogP) is 8.92. The lowest BCUT2D eigenvalue weighted by Crippen LogP contribution is -2.19. The van der Waals surface area contributed by atoms with Gasteiger partial charge >= 0.3 is 32.3 Å². The van der Waals surface area contributed by atoms with Crippen LogP contribution in [0.15, 0.2) is 155 Å². The van der Waals surface area contributed by atoms with Gasteiger partial charge in [-0.3, -0.25) is 0 Å². The molecule has 0 aliphatic rings. The number of urea groups is 2. The van der Waals surface area contributed by atoms with Crippen LogP contribution < -0.4 is 34.4 Å². The lowest BCUT2D eigenvalue weighted by atomic mass is 10.2. The number of hydrogen-bond donors (Lipinski definition) is 4. The van der Waals surface area contributed by atoms with Crippen molar-refractivity contribution in [1.82, 2.24) is 0 Å². The van der Waals surface area contributed by atoms with Crippen molar-refractivity contribution in [2.24, 2.45) is 0 Å². The standard InChI is InChI=1S/C40H34N4O9S2/c1-27-9-13-29(14-10-27)41-39(45)43-31-5-3-7-35(25-31)52-54(47,48)37-21-17-33(18-22-37)51-34-19-23-38(24-20-34)55(49,50)53-36-8-4-6-32(26-36)44-40(46)42-30-15-11-28(2)12-16-30/h3-26H,1-2H3,(H2,41,43,45)(H2,42,44,46). The summed E-state index contributed by atoms with van der Waals surface area (Å²) in [6.45, 7) is 3.87. The van der Waals surface area contributed by atoms with Gasteiger partial charge in [0.05, 0.1) is 0 Å². The zero-order chi connectivity index (χ0) is 39.0. The molecule has 0 spiro atoms. The average molecular weight is 779 g/mol. The highest BCUT2D eigenvalue weighted by Crippen LogP contribution is 2.28. The van der Waals surface area contributed by atoms with Crippen LogP contribution in [0.25, 0.3) is 0 Å².